The van der Waals surface area contributed by atoms with Gasteiger partial charge in [0.1, 0.15) is 4.90 Å². The van der Waals surface area contributed by atoms with Gasteiger partial charge in [-0.25, -0.2) is 8.42 Å². The second-order valence-corrected chi connectivity index (χ2v) is 8.52. The van der Waals surface area contributed by atoms with Crippen LogP contribution in [0.15, 0.2) is 10.3 Å². The van der Waals surface area contributed by atoms with Crippen molar-refractivity contribution in [2.45, 2.75) is 63.4 Å². The van der Waals surface area contributed by atoms with Crippen LogP contribution in [-0.2, 0) is 16.6 Å². The van der Waals surface area contributed by atoms with Crippen LogP contribution < -0.4 is 5.32 Å². The van der Waals surface area contributed by atoms with Crippen LogP contribution in [0.4, 0.5) is 0 Å². The molecule has 1 aromatic heterocycles. The van der Waals surface area contributed by atoms with Crippen LogP contribution in [0.5, 0.6) is 0 Å². The number of sulfonamides is 1. The van der Waals surface area contributed by atoms with E-state index >= 15 is 0 Å². The lowest BCUT2D eigenvalue weighted by molar-refractivity contribution is 0.315. The van der Waals surface area contributed by atoms with E-state index in [0.717, 1.165) is 42.5 Å². The van der Waals surface area contributed by atoms with Gasteiger partial charge in [-0.15, -0.1) is 11.3 Å². The molecular weight excluding hydrogens is 304 g/mol. The van der Waals surface area contributed by atoms with Gasteiger partial charge in [-0.1, -0.05) is 19.8 Å². The summed E-state index contributed by atoms with van der Waals surface area (Å²) in [6, 6.07) is 0.152. The number of nitrogens with zero attached hydrogens (tertiary/aromatic N) is 1. The molecule has 0 saturated carbocycles. The van der Waals surface area contributed by atoms with Crippen molar-refractivity contribution in [3.05, 3.63) is 15.8 Å². The van der Waals surface area contributed by atoms with E-state index in [1.165, 1.54) is 11.3 Å². The second kappa shape index (κ2) is 7.22. The Morgan fingerprint density at radius 2 is 2.14 bits per heavy atom. The Labute approximate surface area is 132 Å². The van der Waals surface area contributed by atoms with Crippen LogP contribution in [0, 0.1) is 6.92 Å². The van der Waals surface area contributed by atoms with Gasteiger partial charge in [0.25, 0.3) is 0 Å². The summed E-state index contributed by atoms with van der Waals surface area (Å²) in [7, 11) is -1.53. The van der Waals surface area contributed by atoms with Crippen LogP contribution in [0.25, 0.3) is 0 Å². The smallest absolute Gasteiger partial charge is 0.244 e. The minimum Gasteiger partial charge on any atom is -0.315 e. The molecule has 6 heteroatoms. The predicted octanol–water partition coefficient (Wildman–Crippen LogP) is 3.12. The summed E-state index contributed by atoms with van der Waals surface area (Å²) in [4.78, 5) is 1.47. The van der Waals surface area contributed by atoms with E-state index in [2.05, 4.69) is 12.2 Å². The average Bonchev–Trinajstić information content (AvgIpc) is 2.68. The normalized spacial score (nSPS) is 21.4. The quantitative estimate of drug-likeness (QED) is 0.902. The standard InChI is InChI=1S/C15H26N2O2S2/c1-4-13-8-6-5-7-9-17(13)21(18,19)15-12(2)11-20-14(15)10-16-3/h11,13,16H,4-10H2,1-3H3. The van der Waals surface area contributed by atoms with Gasteiger partial charge < -0.3 is 5.32 Å². The SMILES string of the molecule is CCC1CCCCCN1S(=O)(=O)c1c(C)csc1CNC. The Balaban J connectivity index is 2.42. The molecule has 120 valence electrons. The zero-order valence-corrected chi connectivity index (χ0v) is 14.8. The van der Waals surface area contributed by atoms with Gasteiger partial charge in [0, 0.05) is 24.0 Å². The molecule has 0 bridgehead atoms. The molecular formula is C15H26N2O2S2. The Bertz CT molecular complexity index is 566. The van der Waals surface area contributed by atoms with Gasteiger partial charge in [0.05, 0.1) is 0 Å². The molecule has 1 aliphatic heterocycles. The topological polar surface area (TPSA) is 49.4 Å². The highest BCUT2D eigenvalue weighted by atomic mass is 32.2. The molecule has 1 aliphatic rings. The molecule has 0 aromatic carbocycles. The fraction of sp³-hybridized carbons (Fsp3) is 0.733. The van der Waals surface area contributed by atoms with Crippen molar-refractivity contribution in [3.8, 4) is 0 Å². The van der Waals surface area contributed by atoms with E-state index in [1.807, 2.05) is 19.4 Å². The molecule has 1 fully saturated rings. The van der Waals surface area contributed by atoms with Crippen molar-refractivity contribution < 1.29 is 8.42 Å². The molecule has 4 nitrogen and oxygen atoms in total. The fourth-order valence-corrected chi connectivity index (χ4v) is 6.65. The lowest BCUT2D eigenvalue weighted by Crippen LogP contribution is -2.40. The van der Waals surface area contributed by atoms with Gasteiger partial charge in [-0.3, -0.25) is 0 Å². The highest BCUT2D eigenvalue weighted by Gasteiger charge is 2.34. The lowest BCUT2D eigenvalue weighted by Gasteiger charge is -2.28. The number of rotatable bonds is 5. The fourth-order valence-electron chi connectivity index (χ4n) is 3.11. The van der Waals surface area contributed by atoms with Crippen molar-refractivity contribution in [3.63, 3.8) is 0 Å². The largest absolute Gasteiger partial charge is 0.315 e. The Kier molecular flexibility index (Phi) is 5.82. The first-order valence-electron chi connectivity index (χ1n) is 7.75. The first kappa shape index (κ1) is 16.9. The van der Waals surface area contributed by atoms with Gasteiger partial charge >= 0.3 is 0 Å². The number of hydrogen-bond acceptors (Lipinski definition) is 4. The van der Waals surface area contributed by atoms with Crippen LogP contribution in [0.3, 0.4) is 0 Å². The minimum absolute atomic E-state index is 0.152. The highest BCUT2D eigenvalue weighted by Crippen LogP contribution is 2.33. The lowest BCUT2D eigenvalue weighted by atomic mass is 10.1. The van der Waals surface area contributed by atoms with E-state index in [1.54, 1.807) is 4.31 Å². The molecule has 1 saturated heterocycles. The third-order valence-corrected chi connectivity index (χ3v) is 7.60. The molecule has 1 aromatic rings. The van der Waals surface area contributed by atoms with Gasteiger partial charge in [0.15, 0.2) is 0 Å². The van der Waals surface area contributed by atoms with Gasteiger partial charge in [-0.2, -0.15) is 4.31 Å². The first-order chi connectivity index (χ1) is 10.0. The predicted molar refractivity (Wildman–Crippen MR) is 88.3 cm³/mol. The summed E-state index contributed by atoms with van der Waals surface area (Å²) in [5.74, 6) is 0. The van der Waals surface area contributed by atoms with Crippen molar-refractivity contribution in [1.29, 1.82) is 0 Å². The number of hydrogen-bond donors (Lipinski definition) is 1. The van der Waals surface area contributed by atoms with Crippen molar-refractivity contribution in [1.82, 2.24) is 9.62 Å². The van der Waals surface area contributed by atoms with Gasteiger partial charge in [-0.05, 0) is 44.2 Å². The molecule has 1 atom stereocenters. The highest BCUT2D eigenvalue weighted by molar-refractivity contribution is 7.89. The van der Waals surface area contributed by atoms with E-state index in [4.69, 9.17) is 0 Å². The molecule has 1 unspecified atom stereocenters. The number of thiophene rings is 1. The molecule has 2 heterocycles. The van der Waals surface area contributed by atoms with E-state index in [0.29, 0.717) is 18.0 Å². The third kappa shape index (κ3) is 3.50. The Morgan fingerprint density at radius 3 is 2.81 bits per heavy atom. The summed E-state index contributed by atoms with van der Waals surface area (Å²) in [6.07, 6.45) is 5.12. The Hall–Kier alpha value is -0.430. The molecule has 21 heavy (non-hydrogen) atoms. The van der Waals surface area contributed by atoms with Crippen molar-refractivity contribution in [2.75, 3.05) is 13.6 Å². The number of aryl methyl sites for hydroxylation is 1. The van der Waals surface area contributed by atoms with Crippen LogP contribution in [0.2, 0.25) is 0 Å². The van der Waals surface area contributed by atoms with Crippen LogP contribution in [-0.4, -0.2) is 32.4 Å². The zero-order chi connectivity index (χ0) is 15.5. The van der Waals surface area contributed by atoms with E-state index < -0.39 is 10.0 Å². The molecule has 0 amide bonds. The van der Waals surface area contributed by atoms with Crippen LogP contribution in [0.1, 0.15) is 49.5 Å². The Morgan fingerprint density at radius 1 is 1.38 bits per heavy atom. The monoisotopic (exact) mass is 330 g/mol. The van der Waals surface area contributed by atoms with E-state index in [9.17, 15) is 8.42 Å². The average molecular weight is 331 g/mol. The summed E-state index contributed by atoms with van der Waals surface area (Å²) in [5.41, 5.74) is 0.879. The maximum Gasteiger partial charge on any atom is 0.244 e. The third-order valence-electron chi connectivity index (χ3n) is 4.19. The molecule has 0 aliphatic carbocycles. The molecule has 0 radical (unpaired) electrons. The maximum atomic E-state index is 13.2. The van der Waals surface area contributed by atoms with E-state index in [-0.39, 0.29) is 6.04 Å². The summed E-state index contributed by atoms with van der Waals surface area (Å²) < 4.78 is 28.2. The first-order valence-corrected chi connectivity index (χ1v) is 10.1. The maximum absolute atomic E-state index is 13.2. The summed E-state index contributed by atoms with van der Waals surface area (Å²) in [6.45, 7) is 5.27. The molecule has 0 spiro atoms. The van der Waals surface area contributed by atoms with Crippen molar-refractivity contribution in [2.24, 2.45) is 0 Å². The molecule has 1 N–H and O–H groups in total. The zero-order valence-electron chi connectivity index (χ0n) is 13.2. The summed E-state index contributed by atoms with van der Waals surface area (Å²) >= 11 is 1.54. The molecule has 2 rings (SSSR count). The second-order valence-electron chi connectivity index (χ2n) is 5.73. The van der Waals surface area contributed by atoms with Gasteiger partial charge in [0.2, 0.25) is 10.0 Å². The minimum atomic E-state index is -3.38. The van der Waals surface area contributed by atoms with Crippen molar-refractivity contribution >= 4 is 21.4 Å². The number of nitrogens with one attached hydrogen (secondary N) is 1. The van der Waals surface area contributed by atoms with Crippen LogP contribution >= 0.6 is 11.3 Å². The summed E-state index contributed by atoms with van der Waals surface area (Å²) in [5, 5.41) is 5.03.